The normalized spacial score (nSPS) is 8.46. The van der Waals surface area contributed by atoms with Gasteiger partial charge in [0.2, 0.25) is 0 Å². The molecule has 0 radical (unpaired) electrons. The van der Waals surface area contributed by atoms with E-state index in [1.165, 1.54) is 7.11 Å². The van der Waals surface area contributed by atoms with Gasteiger partial charge in [0.05, 0.1) is 12.8 Å². The van der Waals surface area contributed by atoms with E-state index < -0.39 is 6.09 Å². The number of halogens is 1. The van der Waals surface area contributed by atoms with E-state index in [0.29, 0.717) is 5.69 Å². The number of para-hydroxylation sites is 1. The second kappa shape index (κ2) is 5.40. The number of nitrogens with two attached hydrogens (primary N) is 1. The predicted molar refractivity (Wildman–Crippen MR) is 52.8 cm³/mol. The number of benzene rings is 1. The first kappa shape index (κ1) is 11.7. The highest BCUT2D eigenvalue weighted by molar-refractivity contribution is 5.86. The van der Waals surface area contributed by atoms with Crippen LogP contribution in [0.15, 0.2) is 30.3 Å². The number of anilines is 1. The average molecular weight is 203 g/mol. The van der Waals surface area contributed by atoms with Crippen LogP contribution in [0, 0.1) is 0 Å². The van der Waals surface area contributed by atoms with Crippen molar-refractivity contribution in [3.63, 3.8) is 0 Å². The number of hydrogen-bond donors (Lipinski definition) is 1. The van der Waals surface area contributed by atoms with Crippen LogP contribution < -0.4 is 10.9 Å². The molecule has 5 heteroatoms. The number of nitrogens with zero attached hydrogens (tertiary/aromatic N) is 1. The lowest BCUT2D eigenvalue weighted by Crippen LogP contribution is -2.37. The van der Waals surface area contributed by atoms with Crippen LogP contribution in [0.2, 0.25) is 0 Å². The molecule has 0 heterocycles. The molecule has 72 valence electrons. The first-order valence-electron chi connectivity index (χ1n) is 3.43. The van der Waals surface area contributed by atoms with Crippen molar-refractivity contribution in [1.82, 2.24) is 0 Å². The fourth-order valence-corrected chi connectivity index (χ4v) is 0.792. The molecule has 1 aromatic rings. The standard InChI is InChI=1S/C8H10N2O2.ClH/c1-12-8(11)10(9)7-5-3-2-4-6-7;/h2-6H,9H2,1H3;1H. The summed E-state index contributed by atoms with van der Waals surface area (Å²) in [7, 11) is 1.28. The summed E-state index contributed by atoms with van der Waals surface area (Å²) in [6.45, 7) is 0. The Hall–Kier alpha value is -1.26. The third-order valence-electron chi connectivity index (χ3n) is 1.41. The molecule has 0 fully saturated rings. The van der Waals surface area contributed by atoms with Gasteiger partial charge in [-0.1, -0.05) is 18.2 Å². The molecule has 0 spiro atoms. The van der Waals surface area contributed by atoms with Crippen LogP contribution >= 0.6 is 12.4 Å². The van der Waals surface area contributed by atoms with E-state index in [4.69, 9.17) is 5.84 Å². The van der Waals surface area contributed by atoms with Crippen molar-refractivity contribution in [3.05, 3.63) is 30.3 Å². The number of rotatable bonds is 1. The van der Waals surface area contributed by atoms with Crippen molar-refractivity contribution in [2.75, 3.05) is 12.1 Å². The van der Waals surface area contributed by atoms with Gasteiger partial charge in [0.15, 0.2) is 0 Å². The molecule has 0 aliphatic rings. The van der Waals surface area contributed by atoms with Gasteiger partial charge in [0.25, 0.3) is 0 Å². The molecule has 1 aromatic carbocycles. The number of methoxy groups -OCH3 is 1. The minimum Gasteiger partial charge on any atom is -0.452 e. The fraction of sp³-hybridized carbons (Fsp3) is 0.125. The Morgan fingerprint density at radius 3 is 2.38 bits per heavy atom. The lowest BCUT2D eigenvalue weighted by atomic mass is 10.3. The molecular weight excluding hydrogens is 192 g/mol. The minimum absolute atomic E-state index is 0. The second-order valence-corrected chi connectivity index (χ2v) is 2.18. The molecule has 2 N–H and O–H groups in total. The number of carbonyl (C=O) groups is 1. The smallest absolute Gasteiger partial charge is 0.428 e. The van der Waals surface area contributed by atoms with Crippen molar-refractivity contribution in [2.45, 2.75) is 0 Å². The number of ether oxygens (including phenoxy) is 1. The van der Waals surface area contributed by atoms with Crippen LogP contribution in [0.5, 0.6) is 0 Å². The van der Waals surface area contributed by atoms with Gasteiger partial charge in [-0.3, -0.25) is 0 Å². The molecule has 1 rings (SSSR count). The zero-order chi connectivity index (χ0) is 8.97. The van der Waals surface area contributed by atoms with E-state index in [2.05, 4.69) is 4.74 Å². The quantitative estimate of drug-likeness (QED) is 0.427. The van der Waals surface area contributed by atoms with Crippen LogP contribution in [0.1, 0.15) is 0 Å². The van der Waals surface area contributed by atoms with Gasteiger partial charge in [0.1, 0.15) is 0 Å². The Balaban J connectivity index is 0.00000144. The van der Waals surface area contributed by atoms with Crippen molar-refractivity contribution >= 4 is 24.2 Å². The summed E-state index contributed by atoms with van der Waals surface area (Å²) >= 11 is 0. The van der Waals surface area contributed by atoms with Crippen LogP contribution in [-0.4, -0.2) is 13.2 Å². The van der Waals surface area contributed by atoms with E-state index in [0.717, 1.165) is 5.01 Å². The maximum absolute atomic E-state index is 10.9. The first-order chi connectivity index (χ1) is 5.75. The van der Waals surface area contributed by atoms with Gasteiger partial charge in [0, 0.05) is 0 Å². The van der Waals surface area contributed by atoms with Crippen LogP contribution in [0.3, 0.4) is 0 Å². The summed E-state index contributed by atoms with van der Waals surface area (Å²) in [5, 5.41) is 0.944. The third kappa shape index (κ3) is 2.93. The SMILES string of the molecule is COC(=O)N(N)c1ccccc1.Cl. The molecular formula is C8H11ClN2O2. The van der Waals surface area contributed by atoms with E-state index >= 15 is 0 Å². The Morgan fingerprint density at radius 2 is 1.92 bits per heavy atom. The molecule has 0 saturated carbocycles. The molecule has 0 aliphatic carbocycles. The summed E-state index contributed by atoms with van der Waals surface area (Å²) in [4.78, 5) is 10.9. The molecule has 0 unspecified atom stereocenters. The Bertz CT molecular complexity index is 266. The molecule has 1 amide bonds. The third-order valence-corrected chi connectivity index (χ3v) is 1.41. The summed E-state index contributed by atoms with van der Waals surface area (Å²) in [6.07, 6.45) is -0.582. The summed E-state index contributed by atoms with van der Waals surface area (Å²) in [6, 6.07) is 8.86. The van der Waals surface area contributed by atoms with Crippen molar-refractivity contribution < 1.29 is 9.53 Å². The Kier molecular flexibility index (Phi) is 4.87. The topological polar surface area (TPSA) is 55.6 Å². The van der Waals surface area contributed by atoms with E-state index in [1.54, 1.807) is 24.3 Å². The van der Waals surface area contributed by atoms with E-state index in [9.17, 15) is 4.79 Å². The van der Waals surface area contributed by atoms with Crippen LogP contribution in [-0.2, 0) is 4.74 Å². The van der Waals surface area contributed by atoms with Gasteiger partial charge in [-0.05, 0) is 12.1 Å². The minimum atomic E-state index is -0.582. The molecule has 0 saturated heterocycles. The lowest BCUT2D eigenvalue weighted by Gasteiger charge is -2.13. The first-order valence-corrected chi connectivity index (χ1v) is 3.43. The van der Waals surface area contributed by atoms with E-state index in [1.807, 2.05) is 6.07 Å². The maximum Gasteiger partial charge on any atom is 0.428 e. The Morgan fingerprint density at radius 1 is 1.38 bits per heavy atom. The van der Waals surface area contributed by atoms with Crippen LogP contribution in [0.4, 0.5) is 10.5 Å². The zero-order valence-corrected chi connectivity index (χ0v) is 7.95. The lowest BCUT2D eigenvalue weighted by molar-refractivity contribution is 0.178. The maximum atomic E-state index is 10.9. The van der Waals surface area contributed by atoms with Crippen molar-refractivity contribution in [3.8, 4) is 0 Å². The number of hydrogen-bond acceptors (Lipinski definition) is 3. The molecule has 0 bridgehead atoms. The second-order valence-electron chi connectivity index (χ2n) is 2.18. The van der Waals surface area contributed by atoms with Crippen molar-refractivity contribution in [1.29, 1.82) is 0 Å². The number of hydrazine groups is 1. The molecule has 0 atom stereocenters. The zero-order valence-electron chi connectivity index (χ0n) is 7.14. The fourth-order valence-electron chi connectivity index (χ4n) is 0.792. The summed E-state index contributed by atoms with van der Waals surface area (Å²) < 4.78 is 4.43. The van der Waals surface area contributed by atoms with Crippen LogP contribution in [0.25, 0.3) is 0 Å². The van der Waals surface area contributed by atoms with Crippen molar-refractivity contribution in [2.24, 2.45) is 5.84 Å². The monoisotopic (exact) mass is 202 g/mol. The van der Waals surface area contributed by atoms with Gasteiger partial charge in [-0.25, -0.2) is 15.6 Å². The molecule has 4 nitrogen and oxygen atoms in total. The highest BCUT2D eigenvalue weighted by Gasteiger charge is 2.09. The van der Waals surface area contributed by atoms with Gasteiger partial charge >= 0.3 is 6.09 Å². The predicted octanol–water partition coefficient (Wildman–Crippen LogP) is 1.55. The summed E-state index contributed by atoms with van der Waals surface area (Å²) in [5.41, 5.74) is 0.601. The van der Waals surface area contributed by atoms with E-state index in [-0.39, 0.29) is 12.4 Å². The van der Waals surface area contributed by atoms with Gasteiger partial charge in [-0.15, -0.1) is 12.4 Å². The van der Waals surface area contributed by atoms with Gasteiger partial charge in [-0.2, -0.15) is 0 Å². The largest absolute Gasteiger partial charge is 0.452 e. The molecule has 0 aromatic heterocycles. The highest BCUT2D eigenvalue weighted by Crippen LogP contribution is 2.09. The van der Waals surface area contributed by atoms with Gasteiger partial charge < -0.3 is 4.74 Å². The number of amides is 1. The highest BCUT2D eigenvalue weighted by atomic mass is 35.5. The number of carbonyl (C=O) groups excluding carboxylic acids is 1. The molecule has 13 heavy (non-hydrogen) atoms. The summed E-state index contributed by atoms with van der Waals surface area (Å²) in [5.74, 6) is 5.41. The average Bonchev–Trinajstić information content (AvgIpc) is 2.17. The molecule has 0 aliphatic heterocycles. The Labute approximate surface area is 82.7 Å².